The molecule has 1 amide bonds. The van der Waals surface area contributed by atoms with Gasteiger partial charge in [0.25, 0.3) is 0 Å². The first-order valence-electron chi connectivity index (χ1n) is 7.88. The molecule has 2 heterocycles. The van der Waals surface area contributed by atoms with Crippen LogP contribution >= 0.6 is 0 Å². The van der Waals surface area contributed by atoms with E-state index in [-0.39, 0.29) is 17.9 Å². The number of rotatable bonds is 2. The summed E-state index contributed by atoms with van der Waals surface area (Å²) < 4.78 is 30.4. The second-order valence-corrected chi connectivity index (χ2v) is 8.26. The van der Waals surface area contributed by atoms with Gasteiger partial charge in [-0.25, -0.2) is 12.7 Å². The molecule has 0 aliphatic carbocycles. The average Bonchev–Trinajstić information content (AvgIpc) is 2.52. The van der Waals surface area contributed by atoms with Gasteiger partial charge < -0.3 is 9.64 Å². The predicted molar refractivity (Wildman–Crippen MR) is 88.0 cm³/mol. The van der Waals surface area contributed by atoms with Crippen molar-refractivity contribution in [3.05, 3.63) is 24.3 Å². The summed E-state index contributed by atoms with van der Waals surface area (Å²) in [5, 5.41) is 0. The highest BCUT2D eigenvalue weighted by molar-refractivity contribution is 7.88. The summed E-state index contributed by atoms with van der Waals surface area (Å²) >= 11 is 0. The largest absolute Gasteiger partial charge is 0.487 e. The number of fused-ring (bicyclic) bond motifs is 1. The van der Waals surface area contributed by atoms with E-state index in [9.17, 15) is 13.2 Å². The number of hydrogen-bond acceptors (Lipinski definition) is 4. The summed E-state index contributed by atoms with van der Waals surface area (Å²) in [6.07, 6.45) is 2.30. The van der Waals surface area contributed by atoms with E-state index in [0.29, 0.717) is 32.5 Å². The minimum absolute atomic E-state index is 0.0510. The number of piperidine rings is 1. The van der Waals surface area contributed by atoms with Crippen molar-refractivity contribution in [1.82, 2.24) is 4.31 Å². The maximum absolute atomic E-state index is 12.9. The monoisotopic (exact) mass is 338 g/mol. The van der Waals surface area contributed by atoms with Gasteiger partial charge in [-0.1, -0.05) is 12.1 Å². The Morgan fingerprint density at radius 3 is 2.52 bits per heavy atom. The van der Waals surface area contributed by atoms with Gasteiger partial charge in [-0.05, 0) is 31.9 Å². The Balaban J connectivity index is 1.75. The zero-order valence-corrected chi connectivity index (χ0v) is 14.3. The van der Waals surface area contributed by atoms with E-state index < -0.39 is 10.0 Å². The molecular weight excluding hydrogens is 316 g/mol. The van der Waals surface area contributed by atoms with E-state index in [2.05, 4.69) is 0 Å². The first-order chi connectivity index (χ1) is 10.9. The van der Waals surface area contributed by atoms with Crippen molar-refractivity contribution in [2.24, 2.45) is 5.92 Å². The maximum atomic E-state index is 12.9. The van der Waals surface area contributed by atoms with Gasteiger partial charge in [0.1, 0.15) is 11.9 Å². The zero-order chi connectivity index (χ0) is 16.6. The predicted octanol–water partition coefficient (Wildman–Crippen LogP) is 1.47. The summed E-state index contributed by atoms with van der Waals surface area (Å²) in [4.78, 5) is 14.7. The van der Waals surface area contributed by atoms with Crippen molar-refractivity contribution in [2.45, 2.75) is 25.9 Å². The molecule has 2 aliphatic rings. The molecule has 7 heteroatoms. The minimum atomic E-state index is -3.17. The van der Waals surface area contributed by atoms with Crippen molar-refractivity contribution in [2.75, 3.05) is 30.8 Å². The second kappa shape index (κ2) is 6.13. The number of carbonyl (C=O) groups excluding carboxylic acids is 1. The Kier molecular flexibility index (Phi) is 4.33. The lowest BCUT2D eigenvalue weighted by atomic mass is 9.95. The number of nitrogens with zero attached hydrogens (tertiary/aromatic N) is 2. The third kappa shape index (κ3) is 3.35. The summed E-state index contributed by atoms with van der Waals surface area (Å²) in [5.41, 5.74) is 0.807. The molecule has 6 nitrogen and oxygen atoms in total. The summed E-state index contributed by atoms with van der Waals surface area (Å²) in [5.74, 6) is 0.667. The van der Waals surface area contributed by atoms with Crippen LogP contribution in [0.4, 0.5) is 5.69 Å². The number of sulfonamides is 1. The molecule has 3 rings (SSSR count). The normalized spacial score (nSPS) is 23.2. The Labute approximate surface area is 137 Å². The lowest BCUT2D eigenvalue weighted by Crippen LogP contribution is -2.48. The van der Waals surface area contributed by atoms with Gasteiger partial charge in [-0.2, -0.15) is 0 Å². The molecule has 1 unspecified atom stereocenters. The van der Waals surface area contributed by atoms with Gasteiger partial charge in [-0.3, -0.25) is 4.79 Å². The van der Waals surface area contributed by atoms with Crippen molar-refractivity contribution >= 4 is 21.6 Å². The highest BCUT2D eigenvalue weighted by Gasteiger charge is 2.35. The van der Waals surface area contributed by atoms with Crippen LogP contribution in [0.3, 0.4) is 0 Å². The smallest absolute Gasteiger partial charge is 0.230 e. The highest BCUT2D eigenvalue weighted by atomic mass is 32.2. The maximum Gasteiger partial charge on any atom is 0.230 e. The zero-order valence-electron chi connectivity index (χ0n) is 13.4. The molecule has 1 fully saturated rings. The summed E-state index contributed by atoms with van der Waals surface area (Å²) in [6, 6.07) is 7.55. The molecule has 1 aromatic carbocycles. The first kappa shape index (κ1) is 16.3. The van der Waals surface area contributed by atoms with Crippen molar-refractivity contribution < 1.29 is 17.9 Å². The molecule has 0 N–H and O–H groups in total. The van der Waals surface area contributed by atoms with Crippen molar-refractivity contribution in [1.29, 1.82) is 0 Å². The standard InChI is InChI=1S/C16H22N2O4S/c1-12-11-18(14-5-3-4-6-15(14)22-12)16(19)13-7-9-17(10-8-13)23(2,20)21/h3-6,12-13H,7-11H2,1-2H3. The van der Waals surface area contributed by atoms with E-state index in [4.69, 9.17) is 4.74 Å². The SMILES string of the molecule is CC1CN(C(=O)C2CCN(S(C)(=O)=O)CC2)c2ccccc2O1. The Bertz CT molecular complexity index is 696. The van der Waals surface area contributed by atoms with Crippen LogP contribution in [0.5, 0.6) is 5.75 Å². The van der Waals surface area contributed by atoms with Gasteiger partial charge in [0, 0.05) is 19.0 Å². The molecule has 2 aliphatic heterocycles. The highest BCUT2D eigenvalue weighted by Crippen LogP contribution is 2.35. The fourth-order valence-electron chi connectivity index (χ4n) is 3.25. The average molecular weight is 338 g/mol. The Morgan fingerprint density at radius 2 is 1.87 bits per heavy atom. The number of para-hydroxylation sites is 2. The molecule has 0 saturated carbocycles. The molecule has 1 saturated heterocycles. The molecular formula is C16H22N2O4S. The van der Waals surface area contributed by atoms with E-state index in [1.54, 1.807) is 4.90 Å². The summed E-state index contributed by atoms with van der Waals surface area (Å²) in [7, 11) is -3.17. The number of hydrogen-bond donors (Lipinski definition) is 0. The van der Waals surface area contributed by atoms with E-state index in [1.165, 1.54) is 10.6 Å². The van der Waals surface area contributed by atoms with Crippen LogP contribution in [0.2, 0.25) is 0 Å². The quantitative estimate of drug-likeness (QED) is 0.819. The van der Waals surface area contributed by atoms with E-state index in [0.717, 1.165) is 11.4 Å². The Hall–Kier alpha value is -1.60. The van der Waals surface area contributed by atoms with Crippen molar-refractivity contribution in [3.63, 3.8) is 0 Å². The van der Waals surface area contributed by atoms with E-state index >= 15 is 0 Å². The molecule has 23 heavy (non-hydrogen) atoms. The molecule has 0 aromatic heterocycles. The summed E-state index contributed by atoms with van der Waals surface area (Å²) in [6.45, 7) is 3.30. The topological polar surface area (TPSA) is 66.9 Å². The van der Waals surface area contributed by atoms with Crippen LogP contribution in [0.1, 0.15) is 19.8 Å². The molecule has 0 spiro atoms. The van der Waals surface area contributed by atoms with Gasteiger partial charge in [-0.15, -0.1) is 0 Å². The van der Waals surface area contributed by atoms with Gasteiger partial charge >= 0.3 is 0 Å². The van der Waals surface area contributed by atoms with Crippen LogP contribution in [0.25, 0.3) is 0 Å². The van der Waals surface area contributed by atoms with Crippen LogP contribution in [0.15, 0.2) is 24.3 Å². The van der Waals surface area contributed by atoms with Crippen LogP contribution < -0.4 is 9.64 Å². The lowest BCUT2D eigenvalue weighted by Gasteiger charge is -2.37. The minimum Gasteiger partial charge on any atom is -0.487 e. The fourth-order valence-corrected chi connectivity index (χ4v) is 4.13. The molecule has 1 aromatic rings. The number of anilines is 1. The number of carbonyl (C=O) groups is 1. The molecule has 1 atom stereocenters. The van der Waals surface area contributed by atoms with Crippen LogP contribution in [0, 0.1) is 5.92 Å². The van der Waals surface area contributed by atoms with Gasteiger partial charge in [0.05, 0.1) is 18.5 Å². The van der Waals surface area contributed by atoms with Crippen LogP contribution in [-0.4, -0.2) is 50.6 Å². The van der Waals surface area contributed by atoms with E-state index in [1.807, 2.05) is 31.2 Å². The molecule has 0 radical (unpaired) electrons. The molecule has 0 bridgehead atoms. The number of amides is 1. The fraction of sp³-hybridized carbons (Fsp3) is 0.562. The Morgan fingerprint density at radius 1 is 1.22 bits per heavy atom. The van der Waals surface area contributed by atoms with Crippen LogP contribution in [-0.2, 0) is 14.8 Å². The third-order valence-electron chi connectivity index (χ3n) is 4.46. The number of benzene rings is 1. The van der Waals surface area contributed by atoms with Gasteiger partial charge in [0.15, 0.2) is 0 Å². The van der Waals surface area contributed by atoms with Gasteiger partial charge in [0.2, 0.25) is 15.9 Å². The van der Waals surface area contributed by atoms with Crippen molar-refractivity contribution in [3.8, 4) is 5.75 Å². The first-order valence-corrected chi connectivity index (χ1v) is 9.73. The number of ether oxygens (including phenoxy) is 1. The second-order valence-electron chi connectivity index (χ2n) is 6.28. The molecule has 126 valence electrons. The lowest BCUT2D eigenvalue weighted by molar-refractivity contribution is -0.124. The third-order valence-corrected chi connectivity index (χ3v) is 5.77.